The molecule has 0 aromatic heterocycles. The summed E-state index contributed by atoms with van der Waals surface area (Å²) in [6.07, 6.45) is 2.64. The Morgan fingerprint density at radius 1 is 1.26 bits per heavy atom. The maximum Gasteiger partial charge on any atom is 0.240 e. The summed E-state index contributed by atoms with van der Waals surface area (Å²) in [7, 11) is -3.43. The number of nitrogens with one attached hydrogen (secondary N) is 2. The lowest BCUT2D eigenvalue weighted by molar-refractivity contribution is 0.239. The van der Waals surface area contributed by atoms with Gasteiger partial charge in [-0.05, 0) is 49.6 Å². The van der Waals surface area contributed by atoms with Gasteiger partial charge in [0.1, 0.15) is 5.75 Å². The summed E-state index contributed by atoms with van der Waals surface area (Å²) >= 11 is 0. The highest BCUT2D eigenvalue weighted by Gasteiger charge is 2.18. The fourth-order valence-electron chi connectivity index (χ4n) is 3.03. The molecule has 0 atom stereocenters. The zero-order chi connectivity index (χ0) is 16.1. The highest BCUT2D eigenvalue weighted by atomic mass is 32.2. The van der Waals surface area contributed by atoms with Crippen LogP contribution in [0.5, 0.6) is 5.75 Å². The summed E-state index contributed by atoms with van der Waals surface area (Å²) in [5.41, 5.74) is 0.986. The monoisotopic (exact) mass is 339 g/mol. The summed E-state index contributed by atoms with van der Waals surface area (Å²) < 4.78 is 33.0. The number of hydrogen-bond acceptors (Lipinski definition) is 5. The highest BCUT2D eigenvalue weighted by molar-refractivity contribution is 7.89. The second-order valence-electron chi connectivity index (χ2n) is 6.06. The van der Waals surface area contributed by atoms with Gasteiger partial charge in [0.2, 0.25) is 10.0 Å². The average molecular weight is 339 g/mol. The first-order chi connectivity index (χ1) is 11.1. The first-order valence-corrected chi connectivity index (χ1v) is 9.82. The molecule has 3 rings (SSSR count). The maximum absolute atomic E-state index is 12.4. The number of benzene rings is 1. The Kier molecular flexibility index (Phi) is 5.53. The molecule has 1 fully saturated rings. The zero-order valence-corrected chi connectivity index (χ0v) is 14.2. The van der Waals surface area contributed by atoms with Gasteiger partial charge in [-0.2, -0.15) is 0 Å². The van der Waals surface area contributed by atoms with Crippen LogP contribution in [-0.2, 0) is 16.4 Å². The quantitative estimate of drug-likeness (QED) is 0.742. The SMILES string of the molecule is O=S(=O)(NCCCN1CCNCC1)c1ccc2c(c1)CCCO2. The molecule has 1 aromatic rings. The number of ether oxygens (including phenoxy) is 1. The number of rotatable bonds is 6. The van der Waals surface area contributed by atoms with Crippen molar-refractivity contribution in [3.05, 3.63) is 23.8 Å². The first kappa shape index (κ1) is 16.7. The van der Waals surface area contributed by atoms with Crippen LogP contribution in [0.15, 0.2) is 23.1 Å². The Morgan fingerprint density at radius 3 is 2.91 bits per heavy atom. The van der Waals surface area contributed by atoms with Gasteiger partial charge in [-0.15, -0.1) is 0 Å². The Hall–Kier alpha value is -1.15. The largest absolute Gasteiger partial charge is 0.493 e. The van der Waals surface area contributed by atoms with Crippen LogP contribution in [0.25, 0.3) is 0 Å². The van der Waals surface area contributed by atoms with Crippen molar-refractivity contribution >= 4 is 10.0 Å². The summed E-state index contributed by atoms with van der Waals surface area (Å²) in [6, 6.07) is 5.14. The van der Waals surface area contributed by atoms with E-state index >= 15 is 0 Å². The molecular weight excluding hydrogens is 314 g/mol. The van der Waals surface area contributed by atoms with Gasteiger partial charge in [0.15, 0.2) is 0 Å². The van der Waals surface area contributed by atoms with Crippen LogP contribution in [0.3, 0.4) is 0 Å². The molecular formula is C16H25N3O3S. The molecule has 0 spiro atoms. The molecule has 2 aliphatic heterocycles. The average Bonchev–Trinajstić information content (AvgIpc) is 2.59. The van der Waals surface area contributed by atoms with E-state index in [0.29, 0.717) is 18.0 Å². The lowest BCUT2D eigenvalue weighted by atomic mass is 10.1. The van der Waals surface area contributed by atoms with E-state index in [2.05, 4.69) is 14.9 Å². The molecule has 128 valence electrons. The van der Waals surface area contributed by atoms with Crippen molar-refractivity contribution in [1.29, 1.82) is 0 Å². The van der Waals surface area contributed by atoms with Gasteiger partial charge < -0.3 is 15.0 Å². The summed E-state index contributed by atoms with van der Waals surface area (Å²) in [5, 5.41) is 3.31. The molecule has 0 aliphatic carbocycles. The minimum absolute atomic E-state index is 0.337. The molecule has 7 heteroatoms. The van der Waals surface area contributed by atoms with Gasteiger partial charge in [-0.25, -0.2) is 13.1 Å². The van der Waals surface area contributed by atoms with Gasteiger partial charge in [0.25, 0.3) is 0 Å². The van der Waals surface area contributed by atoms with Gasteiger partial charge >= 0.3 is 0 Å². The third-order valence-electron chi connectivity index (χ3n) is 4.34. The lowest BCUT2D eigenvalue weighted by Crippen LogP contribution is -2.44. The van der Waals surface area contributed by atoms with E-state index in [1.165, 1.54) is 0 Å². The molecule has 6 nitrogen and oxygen atoms in total. The minimum Gasteiger partial charge on any atom is -0.493 e. The Bertz CT molecular complexity index is 627. The molecule has 0 saturated carbocycles. The normalized spacial score (nSPS) is 19.1. The molecule has 0 bridgehead atoms. The Labute approximate surface area is 138 Å². The third-order valence-corrected chi connectivity index (χ3v) is 5.80. The van der Waals surface area contributed by atoms with Crippen molar-refractivity contribution in [1.82, 2.24) is 14.9 Å². The van der Waals surface area contributed by atoms with Crippen LogP contribution in [0.4, 0.5) is 0 Å². The number of piperazine rings is 1. The van der Waals surface area contributed by atoms with Crippen molar-refractivity contribution in [3.8, 4) is 5.75 Å². The molecule has 23 heavy (non-hydrogen) atoms. The molecule has 0 unspecified atom stereocenters. The van der Waals surface area contributed by atoms with Crippen molar-refractivity contribution in [2.75, 3.05) is 45.9 Å². The van der Waals surface area contributed by atoms with Gasteiger partial charge in [-0.3, -0.25) is 0 Å². The van der Waals surface area contributed by atoms with Crippen LogP contribution in [0.1, 0.15) is 18.4 Å². The van der Waals surface area contributed by atoms with E-state index in [4.69, 9.17) is 4.74 Å². The number of aryl methyl sites for hydroxylation is 1. The third kappa shape index (κ3) is 4.44. The summed E-state index contributed by atoms with van der Waals surface area (Å²) in [4.78, 5) is 2.70. The van der Waals surface area contributed by atoms with Crippen molar-refractivity contribution in [2.45, 2.75) is 24.2 Å². The van der Waals surface area contributed by atoms with Crippen molar-refractivity contribution in [3.63, 3.8) is 0 Å². The predicted octanol–water partition coefficient (Wildman–Crippen LogP) is 0.585. The van der Waals surface area contributed by atoms with Crippen LogP contribution >= 0.6 is 0 Å². The highest BCUT2D eigenvalue weighted by Crippen LogP contribution is 2.27. The number of hydrogen-bond donors (Lipinski definition) is 2. The molecule has 1 saturated heterocycles. The number of fused-ring (bicyclic) bond motifs is 1. The molecule has 2 heterocycles. The summed E-state index contributed by atoms with van der Waals surface area (Å²) in [5.74, 6) is 0.814. The van der Waals surface area contributed by atoms with Crippen molar-refractivity contribution in [2.24, 2.45) is 0 Å². The van der Waals surface area contributed by atoms with Crippen LogP contribution in [0, 0.1) is 0 Å². The number of nitrogens with zero attached hydrogens (tertiary/aromatic N) is 1. The minimum atomic E-state index is -3.43. The van der Waals surface area contributed by atoms with E-state index in [0.717, 1.165) is 63.3 Å². The number of sulfonamides is 1. The van der Waals surface area contributed by atoms with Gasteiger partial charge in [0, 0.05) is 32.7 Å². The van der Waals surface area contributed by atoms with Crippen LogP contribution in [-0.4, -0.2) is 59.2 Å². The van der Waals surface area contributed by atoms with Crippen LogP contribution < -0.4 is 14.8 Å². The van der Waals surface area contributed by atoms with E-state index < -0.39 is 10.0 Å². The molecule has 0 radical (unpaired) electrons. The standard InChI is InChI=1S/C16H25N3O3S/c20-23(21,18-6-2-9-19-10-7-17-8-11-19)15-4-5-16-14(13-15)3-1-12-22-16/h4-5,13,17-18H,1-3,6-12H2. The second-order valence-corrected chi connectivity index (χ2v) is 7.83. The predicted molar refractivity (Wildman–Crippen MR) is 89.4 cm³/mol. The fraction of sp³-hybridized carbons (Fsp3) is 0.625. The van der Waals surface area contributed by atoms with E-state index in [1.807, 2.05) is 0 Å². The Balaban J connectivity index is 1.52. The summed E-state index contributed by atoms with van der Waals surface area (Å²) in [6.45, 7) is 6.23. The maximum atomic E-state index is 12.4. The smallest absolute Gasteiger partial charge is 0.240 e. The van der Waals surface area contributed by atoms with E-state index in [-0.39, 0.29) is 0 Å². The zero-order valence-electron chi connectivity index (χ0n) is 13.4. The van der Waals surface area contributed by atoms with E-state index in [9.17, 15) is 8.42 Å². The van der Waals surface area contributed by atoms with E-state index in [1.54, 1.807) is 18.2 Å². The second kappa shape index (κ2) is 7.61. The van der Waals surface area contributed by atoms with Crippen molar-refractivity contribution < 1.29 is 13.2 Å². The van der Waals surface area contributed by atoms with Gasteiger partial charge in [0.05, 0.1) is 11.5 Å². The fourth-order valence-corrected chi connectivity index (χ4v) is 4.16. The van der Waals surface area contributed by atoms with Crippen LogP contribution in [0.2, 0.25) is 0 Å². The molecule has 1 aromatic carbocycles. The first-order valence-electron chi connectivity index (χ1n) is 8.34. The van der Waals surface area contributed by atoms with Gasteiger partial charge in [-0.1, -0.05) is 0 Å². The lowest BCUT2D eigenvalue weighted by Gasteiger charge is -2.27. The Morgan fingerprint density at radius 2 is 2.09 bits per heavy atom. The topological polar surface area (TPSA) is 70.7 Å². The molecule has 0 amide bonds. The molecule has 2 N–H and O–H groups in total. The molecule has 2 aliphatic rings.